The van der Waals surface area contributed by atoms with Crippen LogP contribution in [0, 0.1) is 0 Å². The molecule has 14 heavy (non-hydrogen) atoms. The number of nitrogens with zero attached hydrogens (tertiary/aromatic N) is 2. The highest BCUT2D eigenvalue weighted by Crippen LogP contribution is 2.20. The van der Waals surface area contributed by atoms with Crippen molar-refractivity contribution in [1.29, 1.82) is 0 Å². The lowest BCUT2D eigenvalue weighted by Crippen LogP contribution is -2.19. The molecule has 0 unspecified atom stereocenters. The summed E-state index contributed by atoms with van der Waals surface area (Å²) in [7, 11) is 0. The summed E-state index contributed by atoms with van der Waals surface area (Å²) >= 11 is 1.75. The van der Waals surface area contributed by atoms with E-state index in [0.717, 1.165) is 24.0 Å². The van der Waals surface area contributed by atoms with Gasteiger partial charge in [0.1, 0.15) is 10.0 Å². The predicted octanol–water partition coefficient (Wildman–Crippen LogP) is 1.96. The van der Waals surface area contributed by atoms with Gasteiger partial charge in [-0.1, -0.05) is 13.8 Å². The molecule has 4 heteroatoms. The first-order valence-corrected chi connectivity index (χ1v) is 6.13. The molecule has 78 valence electrons. The molecule has 0 aliphatic heterocycles. The third-order valence-electron chi connectivity index (χ3n) is 2.33. The first kappa shape index (κ1) is 10.1. The highest BCUT2D eigenvalue weighted by molar-refractivity contribution is 7.11. The maximum Gasteiger partial charge on any atom is 0.119 e. The second-order valence-corrected chi connectivity index (χ2v) is 5.26. The summed E-state index contributed by atoms with van der Waals surface area (Å²) in [6.45, 7) is 5.37. The minimum atomic E-state index is 0.512. The van der Waals surface area contributed by atoms with E-state index < -0.39 is 0 Å². The van der Waals surface area contributed by atoms with Gasteiger partial charge in [0.25, 0.3) is 0 Å². The van der Waals surface area contributed by atoms with Gasteiger partial charge >= 0.3 is 0 Å². The lowest BCUT2D eigenvalue weighted by atomic mass is 10.2. The van der Waals surface area contributed by atoms with E-state index in [9.17, 15) is 0 Å². The number of hydrogen-bond acceptors (Lipinski definition) is 4. The molecule has 0 amide bonds. The number of aromatic nitrogens is 2. The fourth-order valence-corrected chi connectivity index (χ4v) is 2.12. The van der Waals surface area contributed by atoms with E-state index in [1.807, 2.05) is 0 Å². The number of nitrogens with one attached hydrogen (secondary N) is 1. The summed E-state index contributed by atoms with van der Waals surface area (Å²) in [4.78, 5) is 0. The van der Waals surface area contributed by atoms with Crippen LogP contribution in [-0.4, -0.2) is 22.8 Å². The standard InChI is InChI=1S/C10H17N3S/c1-7(2)10-13-12-9(14-10)5-6-11-8-3-4-8/h7-8,11H,3-6H2,1-2H3. The van der Waals surface area contributed by atoms with Crippen LogP contribution in [0.2, 0.25) is 0 Å². The van der Waals surface area contributed by atoms with Gasteiger partial charge in [-0.3, -0.25) is 0 Å². The molecule has 3 nitrogen and oxygen atoms in total. The molecule has 0 bridgehead atoms. The van der Waals surface area contributed by atoms with Crippen molar-refractivity contribution < 1.29 is 0 Å². The molecule has 1 aromatic heterocycles. The highest BCUT2D eigenvalue weighted by atomic mass is 32.1. The molecule has 0 atom stereocenters. The van der Waals surface area contributed by atoms with Gasteiger partial charge in [-0.2, -0.15) is 0 Å². The fourth-order valence-electron chi connectivity index (χ4n) is 1.27. The molecule has 1 aromatic rings. The summed E-state index contributed by atoms with van der Waals surface area (Å²) in [6, 6.07) is 0.799. The van der Waals surface area contributed by atoms with Gasteiger partial charge in [0.05, 0.1) is 0 Å². The molecule has 1 saturated carbocycles. The Balaban J connectivity index is 1.77. The van der Waals surface area contributed by atoms with Crippen molar-refractivity contribution in [2.24, 2.45) is 0 Å². The third-order valence-corrected chi connectivity index (χ3v) is 3.61. The zero-order valence-electron chi connectivity index (χ0n) is 8.79. The zero-order chi connectivity index (χ0) is 9.97. The molecule has 1 heterocycles. The molecule has 1 aliphatic carbocycles. The minimum Gasteiger partial charge on any atom is -0.314 e. The summed E-state index contributed by atoms with van der Waals surface area (Å²) in [5.74, 6) is 0.512. The van der Waals surface area contributed by atoms with Crippen LogP contribution in [0.4, 0.5) is 0 Å². The average molecular weight is 211 g/mol. The molecular formula is C10H17N3S. The van der Waals surface area contributed by atoms with Crippen molar-refractivity contribution in [3.8, 4) is 0 Å². The van der Waals surface area contributed by atoms with Crippen LogP contribution in [-0.2, 0) is 6.42 Å². The van der Waals surface area contributed by atoms with E-state index >= 15 is 0 Å². The van der Waals surface area contributed by atoms with Gasteiger partial charge < -0.3 is 5.32 Å². The van der Waals surface area contributed by atoms with E-state index in [2.05, 4.69) is 29.4 Å². The Hall–Kier alpha value is -0.480. The van der Waals surface area contributed by atoms with E-state index in [4.69, 9.17) is 0 Å². The molecule has 0 aromatic carbocycles. The molecule has 2 rings (SSSR count). The lowest BCUT2D eigenvalue weighted by Gasteiger charge is -1.98. The molecule has 1 aliphatic rings. The Labute approximate surface area is 88.9 Å². The Bertz CT molecular complexity index is 291. The molecular weight excluding hydrogens is 194 g/mol. The van der Waals surface area contributed by atoms with E-state index in [1.165, 1.54) is 17.8 Å². The van der Waals surface area contributed by atoms with Crippen LogP contribution in [0.25, 0.3) is 0 Å². The van der Waals surface area contributed by atoms with Crippen LogP contribution < -0.4 is 5.32 Å². The molecule has 0 saturated heterocycles. The Morgan fingerprint density at radius 3 is 2.79 bits per heavy atom. The zero-order valence-corrected chi connectivity index (χ0v) is 9.60. The van der Waals surface area contributed by atoms with Gasteiger partial charge in [0, 0.05) is 24.9 Å². The SMILES string of the molecule is CC(C)c1nnc(CCNC2CC2)s1. The third kappa shape index (κ3) is 2.75. The average Bonchev–Trinajstić information content (AvgIpc) is 2.82. The van der Waals surface area contributed by atoms with Crippen LogP contribution in [0.5, 0.6) is 0 Å². The predicted molar refractivity (Wildman–Crippen MR) is 58.7 cm³/mol. The van der Waals surface area contributed by atoms with Crippen molar-refractivity contribution in [2.45, 2.75) is 45.1 Å². The summed E-state index contributed by atoms with van der Waals surface area (Å²) < 4.78 is 0. The van der Waals surface area contributed by atoms with E-state index in [1.54, 1.807) is 11.3 Å². The summed E-state index contributed by atoms with van der Waals surface area (Å²) in [5, 5.41) is 14.2. The Morgan fingerprint density at radius 1 is 1.43 bits per heavy atom. The first-order chi connectivity index (χ1) is 6.75. The van der Waals surface area contributed by atoms with Crippen molar-refractivity contribution in [3.05, 3.63) is 10.0 Å². The molecule has 1 fully saturated rings. The molecule has 1 N–H and O–H groups in total. The van der Waals surface area contributed by atoms with Gasteiger partial charge in [-0.25, -0.2) is 0 Å². The summed E-state index contributed by atoms with van der Waals surface area (Å²) in [5.41, 5.74) is 0. The van der Waals surface area contributed by atoms with Crippen molar-refractivity contribution in [2.75, 3.05) is 6.54 Å². The van der Waals surface area contributed by atoms with Crippen LogP contribution >= 0.6 is 11.3 Å². The van der Waals surface area contributed by atoms with Crippen LogP contribution in [0.3, 0.4) is 0 Å². The van der Waals surface area contributed by atoms with Crippen LogP contribution in [0.1, 0.15) is 42.6 Å². The smallest absolute Gasteiger partial charge is 0.119 e. The fraction of sp³-hybridized carbons (Fsp3) is 0.800. The van der Waals surface area contributed by atoms with E-state index in [-0.39, 0.29) is 0 Å². The summed E-state index contributed by atoms with van der Waals surface area (Å²) in [6.07, 6.45) is 3.74. The number of rotatable bonds is 5. The normalized spacial score (nSPS) is 16.5. The second kappa shape index (κ2) is 4.36. The molecule has 0 spiro atoms. The van der Waals surface area contributed by atoms with Gasteiger partial charge in [-0.15, -0.1) is 21.5 Å². The van der Waals surface area contributed by atoms with Crippen LogP contribution in [0.15, 0.2) is 0 Å². The Morgan fingerprint density at radius 2 is 2.21 bits per heavy atom. The maximum absolute atomic E-state index is 4.18. The Kier molecular flexibility index (Phi) is 3.13. The van der Waals surface area contributed by atoms with Gasteiger partial charge in [0.2, 0.25) is 0 Å². The first-order valence-electron chi connectivity index (χ1n) is 5.31. The highest BCUT2D eigenvalue weighted by Gasteiger charge is 2.19. The second-order valence-electron chi connectivity index (χ2n) is 4.17. The maximum atomic E-state index is 4.18. The number of hydrogen-bond donors (Lipinski definition) is 1. The van der Waals surface area contributed by atoms with Gasteiger partial charge in [-0.05, 0) is 12.8 Å². The van der Waals surface area contributed by atoms with Gasteiger partial charge in [0.15, 0.2) is 0 Å². The van der Waals surface area contributed by atoms with Crippen molar-refractivity contribution >= 4 is 11.3 Å². The monoisotopic (exact) mass is 211 g/mol. The lowest BCUT2D eigenvalue weighted by molar-refractivity contribution is 0.677. The minimum absolute atomic E-state index is 0.512. The largest absolute Gasteiger partial charge is 0.314 e. The van der Waals surface area contributed by atoms with Crippen molar-refractivity contribution in [3.63, 3.8) is 0 Å². The topological polar surface area (TPSA) is 37.8 Å². The quantitative estimate of drug-likeness (QED) is 0.809. The van der Waals surface area contributed by atoms with E-state index in [0.29, 0.717) is 5.92 Å². The van der Waals surface area contributed by atoms with Crippen molar-refractivity contribution in [1.82, 2.24) is 15.5 Å². The molecule has 0 radical (unpaired) electrons.